The third kappa shape index (κ3) is 7.41. The van der Waals surface area contributed by atoms with Crippen LogP contribution in [0.4, 0.5) is 19.4 Å². The van der Waals surface area contributed by atoms with Crippen molar-refractivity contribution >= 4 is 45.1 Å². The molecule has 1 aliphatic carbocycles. The Morgan fingerprint density at radius 2 is 1.80 bits per heavy atom. The number of hydrogen-bond acceptors (Lipinski definition) is 6. The fraction of sp³-hybridized carbons (Fsp3) is 0.417. The van der Waals surface area contributed by atoms with Gasteiger partial charge in [-0.15, -0.1) is 11.3 Å². The van der Waals surface area contributed by atoms with E-state index in [0.717, 1.165) is 23.4 Å². The minimum atomic E-state index is -9.75. The van der Waals surface area contributed by atoms with Crippen LogP contribution in [0.1, 0.15) is 36.1 Å². The van der Waals surface area contributed by atoms with E-state index in [-0.39, 0.29) is 80.0 Å². The molecule has 0 bridgehead atoms. The van der Waals surface area contributed by atoms with E-state index in [0.29, 0.717) is 12.0 Å². The monoisotopic (exact) mass is 609 g/mol. The van der Waals surface area contributed by atoms with Gasteiger partial charge in [0.15, 0.2) is 0 Å². The van der Waals surface area contributed by atoms with Crippen LogP contribution in [0.5, 0.6) is 5.75 Å². The Morgan fingerprint density at radius 1 is 1.10 bits per heavy atom. The van der Waals surface area contributed by atoms with Crippen molar-refractivity contribution in [3.63, 3.8) is 0 Å². The average molecular weight is 610 g/mol. The zero-order valence-electron chi connectivity index (χ0n) is 21.0. The third-order valence-electron chi connectivity index (χ3n) is 6.62. The summed E-state index contributed by atoms with van der Waals surface area (Å²) < 4.78 is 69.1. The van der Waals surface area contributed by atoms with Crippen molar-refractivity contribution in [2.45, 2.75) is 49.2 Å². The first-order valence-electron chi connectivity index (χ1n) is 12.3. The number of likely N-dealkylation sites (tertiary alicyclic amines) is 1. The molecule has 1 aliphatic heterocycles. The van der Waals surface area contributed by atoms with Crippen molar-refractivity contribution in [1.82, 2.24) is 15.5 Å². The lowest BCUT2D eigenvalue weighted by Crippen LogP contribution is -2.50. The number of nitrogens with one attached hydrogen (secondary N) is 3. The molecule has 9 nitrogen and oxygen atoms in total. The molecule has 2 aliphatic rings. The summed E-state index contributed by atoms with van der Waals surface area (Å²) in [5.74, 6) is -1.01. The van der Waals surface area contributed by atoms with Crippen molar-refractivity contribution < 1.29 is 38.5 Å². The molecule has 3 atom stereocenters. The molecular formula is C24H28F5N5O4S2. The maximum absolute atomic E-state index is 12.9. The molecular weight excluding hydrogens is 581 g/mol. The lowest BCUT2D eigenvalue weighted by molar-refractivity contribution is -0.140. The SMILES string of the molecule is N=C(N)c1csc(CNC(=O)C2CC3CC3N2C(=O)CNC(=O)CCCOc2ccc(S(F)(F)(F)(F)F)cc2)c1. The van der Waals surface area contributed by atoms with Crippen LogP contribution >= 0.6 is 21.6 Å². The van der Waals surface area contributed by atoms with E-state index in [1.165, 1.54) is 16.2 Å². The van der Waals surface area contributed by atoms with Gasteiger partial charge in [-0.3, -0.25) is 19.8 Å². The number of nitrogen functional groups attached to an aromatic ring is 1. The number of carbonyl (C=O) groups excluding carboxylic acids is 3. The second kappa shape index (κ2) is 10.2. The molecule has 40 heavy (non-hydrogen) atoms. The standard InChI is InChI=1S/C24H28F5N5O4S2/c25-40(26,27,28,29)18-5-3-16(4-6-18)38-7-1-2-21(35)32-12-22(36)34-19-9-14(19)10-20(34)24(37)33-11-17-8-15(13-39-17)23(30)31/h3-6,8,13-14,19-20H,1-2,7,9-12H2,(H3,30,31)(H,32,35)(H,33,37). The molecule has 3 unspecified atom stereocenters. The number of carbonyl (C=O) groups is 3. The highest BCUT2D eigenvalue weighted by Crippen LogP contribution is 3.02. The third-order valence-corrected chi connectivity index (χ3v) is 8.72. The topological polar surface area (TPSA) is 138 Å². The number of nitrogens with two attached hydrogens (primary N) is 1. The van der Waals surface area contributed by atoms with E-state index < -0.39 is 27.1 Å². The normalized spacial score (nSPS) is 21.5. The van der Waals surface area contributed by atoms with Crippen molar-refractivity contribution in [1.29, 1.82) is 5.41 Å². The van der Waals surface area contributed by atoms with Gasteiger partial charge in [-0.2, -0.15) is 0 Å². The number of benzene rings is 1. The molecule has 0 spiro atoms. The number of halogens is 5. The van der Waals surface area contributed by atoms with Gasteiger partial charge >= 0.3 is 10.2 Å². The zero-order valence-corrected chi connectivity index (χ0v) is 22.6. The number of ether oxygens (including phenoxy) is 1. The van der Waals surface area contributed by atoms with E-state index >= 15 is 0 Å². The largest absolute Gasteiger partial charge is 0.494 e. The summed E-state index contributed by atoms with van der Waals surface area (Å²) in [7, 11) is -9.75. The highest BCUT2D eigenvalue weighted by molar-refractivity contribution is 8.45. The summed E-state index contributed by atoms with van der Waals surface area (Å²) in [6.07, 6.45) is 1.46. The van der Waals surface area contributed by atoms with Crippen LogP contribution < -0.4 is 21.1 Å². The highest BCUT2D eigenvalue weighted by Gasteiger charge is 2.65. The molecule has 16 heteroatoms. The van der Waals surface area contributed by atoms with Gasteiger partial charge in [0.2, 0.25) is 17.7 Å². The molecule has 1 aromatic heterocycles. The van der Waals surface area contributed by atoms with Crippen LogP contribution in [0.15, 0.2) is 40.6 Å². The van der Waals surface area contributed by atoms with E-state index in [4.69, 9.17) is 15.9 Å². The molecule has 3 amide bonds. The first-order valence-corrected chi connectivity index (χ1v) is 15.1. The summed E-state index contributed by atoms with van der Waals surface area (Å²) in [6.45, 7) is -0.119. The fourth-order valence-electron chi connectivity index (χ4n) is 4.53. The predicted molar refractivity (Wildman–Crippen MR) is 140 cm³/mol. The number of rotatable bonds is 12. The van der Waals surface area contributed by atoms with Crippen LogP contribution in [0.2, 0.25) is 0 Å². The molecule has 2 aromatic rings. The van der Waals surface area contributed by atoms with Gasteiger partial charge in [-0.25, -0.2) is 0 Å². The summed E-state index contributed by atoms with van der Waals surface area (Å²) in [4.78, 5) is 38.2. The van der Waals surface area contributed by atoms with Gasteiger partial charge in [0.05, 0.1) is 19.7 Å². The molecule has 220 valence electrons. The molecule has 4 rings (SSSR count). The molecule has 2 fully saturated rings. The summed E-state index contributed by atoms with van der Waals surface area (Å²) in [5, 5.41) is 14.5. The Bertz CT molecular complexity index is 1320. The molecule has 1 aromatic carbocycles. The number of nitrogens with zero attached hydrogens (tertiary/aromatic N) is 1. The Balaban J connectivity index is 1.18. The maximum Gasteiger partial charge on any atom is 0.310 e. The second-order valence-electron chi connectivity index (χ2n) is 9.72. The number of amidine groups is 1. The van der Waals surface area contributed by atoms with Crippen LogP contribution in [0.25, 0.3) is 0 Å². The summed E-state index contributed by atoms with van der Waals surface area (Å²) in [6, 6.07) is 3.10. The van der Waals surface area contributed by atoms with Gasteiger partial charge in [0.25, 0.3) is 0 Å². The van der Waals surface area contributed by atoms with Crippen LogP contribution in [-0.2, 0) is 20.9 Å². The van der Waals surface area contributed by atoms with Gasteiger partial charge in [-0.1, -0.05) is 19.4 Å². The van der Waals surface area contributed by atoms with Crippen LogP contribution in [0.3, 0.4) is 0 Å². The molecule has 2 heterocycles. The van der Waals surface area contributed by atoms with Gasteiger partial charge in [0.1, 0.15) is 22.5 Å². The van der Waals surface area contributed by atoms with E-state index in [1.54, 1.807) is 11.4 Å². The molecule has 1 saturated carbocycles. The first kappa shape index (κ1) is 29.6. The predicted octanol–water partition coefficient (Wildman–Crippen LogP) is 4.27. The minimum absolute atomic E-state index is 0.0369. The Morgan fingerprint density at radius 3 is 2.42 bits per heavy atom. The van der Waals surface area contributed by atoms with Crippen molar-refractivity contribution in [3.8, 4) is 5.75 Å². The number of piperidine rings is 1. The Kier molecular flexibility index (Phi) is 7.55. The lowest BCUT2D eigenvalue weighted by atomic mass is 10.1. The number of fused-ring (bicyclic) bond motifs is 1. The number of amides is 3. The number of thiophene rings is 1. The highest BCUT2D eigenvalue weighted by atomic mass is 32.5. The van der Waals surface area contributed by atoms with Crippen molar-refractivity contribution in [3.05, 3.63) is 46.2 Å². The lowest BCUT2D eigenvalue weighted by Gasteiger charge is -2.40. The number of hydrogen-bond donors (Lipinski definition) is 4. The van der Waals surface area contributed by atoms with Gasteiger partial charge in [0, 0.05) is 28.3 Å². The Labute approximate surface area is 230 Å². The minimum Gasteiger partial charge on any atom is -0.494 e. The summed E-state index contributed by atoms with van der Waals surface area (Å²) in [5.41, 5.74) is 6.03. The molecule has 1 saturated heterocycles. The first-order chi connectivity index (χ1) is 18.5. The van der Waals surface area contributed by atoms with Crippen LogP contribution in [-0.4, -0.2) is 53.7 Å². The van der Waals surface area contributed by atoms with Crippen LogP contribution in [0, 0.1) is 11.3 Å². The van der Waals surface area contributed by atoms with E-state index in [2.05, 4.69) is 10.6 Å². The van der Waals surface area contributed by atoms with Gasteiger partial charge in [-0.05, 0) is 55.5 Å². The zero-order chi connectivity index (χ0) is 29.4. The molecule has 0 radical (unpaired) electrons. The maximum atomic E-state index is 12.9. The Hall–Kier alpha value is -3.40. The van der Waals surface area contributed by atoms with Crippen molar-refractivity contribution in [2.24, 2.45) is 11.7 Å². The molecule has 5 N–H and O–H groups in total. The average Bonchev–Trinajstić information content (AvgIpc) is 3.28. The van der Waals surface area contributed by atoms with E-state index in [9.17, 15) is 33.8 Å². The summed E-state index contributed by atoms with van der Waals surface area (Å²) >= 11 is 1.36. The fourth-order valence-corrected chi connectivity index (χ4v) is 6.00. The van der Waals surface area contributed by atoms with Gasteiger partial charge < -0.3 is 26.0 Å². The second-order valence-corrected chi connectivity index (χ2v) is 13.1. The smallest absolute Gasteiger partial charge is 0.310 e. The van der Waals surface area contributed by atoms with E-state index in [1.807, 2.05) is 0 Å². The quantitative estimate of drug-likeness (QED) is 0.123. The van der Waals surface area contributed by atoms with Crippen molar-refractivity contribution in [2.75, 3.05) is 13.2 Å².